The predicted octanol–water partition coefficient (Wildman–Crippen LogP) is 2.95. The van der Waals surface area contributed by atoms with Crippen molar-refractivity contribution in [1.29, 1.82) is 0 Å². The van der Waals surface area contributed by atoms with Crippen molar-refractivity contribution in [2.75, 3.05) is 11.5 Å². The van der Waals surface area contributed by atoms with Crippen molar-refractivity contribution in [2.45, 2.75) is 75.8 Å². The molecule has 1 aromatic carbocycles. The van der Waals surface area contributed by atoms with Gasteiger partial charge in [-0.15, -0.1) is 0 Å². The molecule has 0 atom stereocenters. The maximum Gasteiger partial charge on any atom is 0.265 e. The van der Waals surface area contributed by atoms with Crippen molar-refractivity contribution in [2.24, 2.45) is 0 Å². The molecule has 9 nitrogen and oxygen atoms in total. The van der Waals surface area contributed by atoms with Gasteiger partial charge in [0.05, 0.1) is 17.1 Å². The maximum absolute atomic E-state index is 13.1. The number of aryl methyl sites for hydroxylation is 1. The summed E-state index contributed by atoms with van der Waals surface area (Å²) < 4.78 is 39.6. The lowest BCUT2D eigenvalue weighted by Gasteiger charge is -2.29. The lowest BCUT2D eigenvalue weighted by molar-refractivity contribution is -0.121. The Morgan fingerprint density at radius 3 is 2.61 bits per heavy atom. The minimum absolute atomic E-state index is 0.0675. The second-order valence-corrected chi connectivity index (χ2v) is 9.73. The summed E-state index contributed by atoms with van der Waals surface area (Å²) in [7, 11) is -3.73. The van der Waals surface area contributed by atoms with Gasteiger partial charge in [0.2, 0.25) is 15.9 Å². The van der Waals surface area contributed by atoms with E-state index in [0.717, 1.165) is 38.5 Å². The first-order chi connectivity index (χ1) is 15.0. The van der Waals surface area contributed by atoms with Gasteiger partial charge in [-0.1, -0.05) is 44.2 Å². The molecule has 0 bridgehead atoms. The molecule has 1 amide bonds. The normalized spacial score (nSPS) is 18.2. The smallest absolute Gasteiger partial charge is 0.265 e. The van der Waals surface area contributed by atoms with Crippen LogP contribution in [0.3, 0.4) is 0 Å². The SMILES string of the molecule is CCc1nc(CN2C(=O)COc3ccc(S(=O)(=O)NC4CCCCCCC4)cc32)no1. The van der Waals surface area contributed by atoms with Gasteiger partial charge in [0.25, 0.3) is 5.91 Å². The molecule has 0 saturated heterocycles. The van der Waals surface area contributed by atoms with Crippen LogP contribution in [0.2, 0.25) is 0 Å². The average molecular weight is 449 g/mol. The number of hydrogen-bond acceptors (Lipinski definition) is 7. The van der Waals surface area contributed by atoms with Crippen LogP contribution in [0.4, 0.5) is 5.69 Å². The zero-order valence-corrected chi connectivity index (χ0v) is 18.5. The van der Waals surface area contributed by atoms with Crippen molar-refractivity contribution in [3.8, 4) is 5.75 Å². The minimum Gasteiger partial charge on any atom is -0.482 e. The van der Waals surface area contributed by atoms with Gasteiger partial charge in [0, 0.05) is 12.5 Å². The Morgan fingerprint density at radius 1 is 1.16 bits per heavy atom. The molecular formula is C21H28N4O5S. The quantitative estimate of drug-likeness (QED) is 0.722. The van der Waals surface area contributed by atoms with E-state index in [1.54, 1.807) is 6.07 Å². The van der Waals surface area contributed by atoms with Crippen LogP contribution < -0.4 is 14.4 Å². The standard InChI is InChI=1S/C21H28N4O5S/c1-2-20-22-19(23-30-20)13-25-17-12-16(10-11-18(17)29-14-21(25)26)31(27,28)24-15-8-6-4-3-5-7-9-15/h10-12,15,24H,2-9,13-14H2,1H3. The first-order valence-corrected chi connectivity index (χ1v) is 12.4. The molecule has 4 rings (SSSR count). The van der Waals surface area contributed by atoms with E-state index < -0.39 is 10.0 Å². The number of fused-ring (bicyclic) bond motifs is 1. The number of carbonyl (C=O) groups is 1. The fraction of sp³-hybridized carbons (Fsp3) is 0.571. The largest absolute Gasteiger partial charge is 0.482 e. The number of nitrogens with zero attached hydrogens (tertiary/aromatic N) is 3. The third kappa shape index (κ3) is 5.07. The number of benzene rings is 1. The summed E-state index contributed by atoms with van der Waals surface area (Å²) in [6.45, 7) is 1.85. The van der Waals surface area contributed by atoms with Crippen LogP contribution in [-0.4, -0.2) is 37.1 Å². The molecule has 0 radical (unpaired) electrons. The van der Waals surface area contributed by atoms with Gasteiger partial charge in [0.15, 0.2) is 12.4 Å². The number of nitrogens with one attached hydrogen (secondary N) is 1. The van der Waals surface area contributed by atoms with E-state index in [0.29, 0.717) is 29.6 Å². The monoisotopic (exact) mass is 448 g/mol. The number of aromatic nitrogens is 2. The molecule has 2 heterocycles. The van der Waals surface area contributed by atoms with Crippen LogP contribution in [0.1, 0.15) is 63.6 Å². The third-order valence-electron chi connectivity index (χ3n) is 5.72. The zero-order chi connectivity index (χ0) is 21.8. The van der Waals surface area contributed by atoms with E-state index >= 15 is 0 Å². The summed E-state index contributed by atoms with van der Waals surface area (Å²) in [5.41, 5.74) is 0.389. The molecule has 31 heavy (non-hydrogen) atoms. The molecule has 1 N–H and O–H groups in total. The van der Waals surface area contributed by atoms with E-state index in [4.69, 9.17) is 9.26 Å². The van der Waals surface area contributed by atoms with Gasteiger partial charge in [0.1, 0.15) is 5.75 Å². The van der Waals surface area contributed by atoms with Gasteiger partial charge >= 0.3 is 0 Å². The molecule has 1 fully saturated rings. The van der Waals surface area contributed by atoms with Gasteiger partial charge in [-0.25, -0.2) is 13.1 Å². The Kier molecular flexibility index (Phi) is 6.57. The Balaban J connectivity index is 1.57. The summed E-state index contributed by atoms with van der Waals surface area (Å²) in [6, 6.07) is 4.53. The Labute approximate surface area is 182 Å². The Bertz CT molecular complexity index is 1030. The fourth-order valence-corrected chi connectivity index (χ4v) is 5.35. The molecule has 1 aliphatic heterocycles. The molecule has 0 unspecified atom stereocenters. The van der Waals surface area contributed by atoms with Crippen molar-refractivity contribution in [3.63, 3.8) is 0 Å². The predicted molar refractivity (Wildman–Crippen MR) is 113 cm³/mol. The Morgan fingerprint density at radius 2 is 1.90 bits per heavy atom. The second kappa shape index (κ2) is 9.35. The lowest BCUT2D eigenvalue weighted by atomic mass is 9.97. The summed E-state index contributed by atoms with van der Waals surface area (Å²) in [5.74, 6) is 0.996. The highest BCUT2D eigenvalue weighted by molar-refractivity contribution is 7.89. The Hall–Kier alpha value is -2.46. The molecule has 0 spiro atoms. The van der Waals surface area contributed by atoms with Gasteiger partial charge < -0.3 is 9.26 Å². The number of rotatable bonds is 6. The highest BCUT2D eigenvalue weighted by Crippen LogP contribution is 2.35. The summed E-state index contributed by atoms with van der Waals surface area (Å²) in [4.78, 5) is 18.3. The second-order valence-electron chi connectivity index (χ2n) is 8.02. The lowest BCUT2D eigenvalue weighted by Crippen LogP contribution is -2.39. The highest BCUT2D eigenvalue weighted by Gasteiger charge is 2.30. The zero-order valence-electron chi connectivity index (χ0n) is 17.7. The number of amides is 1. The van der Waals surface area contributed by atoms with Gasteiger partial charge in [-0.2, -0.15) is 4.98 Å². The maximum atomic E-state index is 13.1. The number of ether oxygens (including phenoxy) is 1. The molecule has 1 aliphatic carbocycles. The molecule has 2 aliphatic rings. The number of carbonyl (C=O) groups excluding carboxylic acids is 1. The van der Waals surface area contributed by atoms with Crippen LogP contribution >= 0.6 is 0 Å². The van der Waals surface area contributed by atoms with Crippen molar-refractivity contribution < 1.29 is 22.5 Å². The van der Waals surface area contributed by atoms with Crippen LogP contribution in [0.5, 0.6) is 5.75 Å². The van der Waals surface area contributed by atoms with E-state index in [1.807, 2.05) is 6.92 Å². The van der Waals surface area contributed by atoms with Crippen LogP contribution in [0, 0.1) is 0 Å². The molecule has 10 heteroatoms. The van der Waals surface area contributed by atoms with E-state index in [9.17, 15) is 13.2 Å². The topological polar surface area (TPSA) is 115 Å². The van der Waals surface area contributed by atoms with Crippen LogP contribution in [0.15, 0.2) is 27.6 Å². The van der Waals surface area contributed by atoms with Gasteiger partial charge in [-0.05, 0) is 31.0 Å². The number of sulfonamides is 1. The van der Waals surface area contributed by atoms with E-state index in [2.05, 4.69) is 14.9 Å². The molecule has 1 saturated carbocycles. The summed E-state index contributed by atoms with van der Waals surface area (Å²) in [5, 5.41) is 3.90. The molecule has 1 aromatic heterocycles. The van der Waals surface area contributed by atoms with E-state index in [1.165, 1.54) is 23.5 Å². The summed E-state index contributed by atoms with van der Waals surface area (Å²) >= 11 is 0. The average Bonchev–Trinajstić information content (AvgIpc) is 3.19. The third-order valence-corrected chi connectivity index (χ3v) is 7.24. The van der Waals surface area contributed by atoms with E-state index in [-0.39, 0.29) is 30.0 Å². The molecule has 2 aromatic rings. The van der Waals surface area contributed by atoms with Crippen LogP contribution in [-0.2, 0) is 27.8 Å². The fourth-order valence-electron chi connectivity index (χ4n) is 4.02. The number of anilines is 1. The van der Waals surface area contributed by atoms with Crippen molar-refractivity contribution >= 4 is 21.6 Å². The van der Waals surface area contributed by atoms with Gasteiger partial charge in [-0.3, -0.25) is 9.69 Å². The first-order valence-electron chi connectivity index (χ1n) is 10.9. The minimum atomic E-state index is -3.73. The highest BCUT2D eigenvalue weighted by atomic mass is 32.2. The molecular weight excluding hydrogens is 420 g/mol. The summed E-state index contributed by atoms with van der Waals surface area (Å²) in [6.07, 6.45) is 7.83. The van der Waals surface area contributed by atoms with Crippen molar-refractivity contribution in [3.05, 3.63) is 29.9 Å². The van der Waals surface area contributed by atoms with Crippen LogP contribution in [0.25, 0.3) is 0 Å². The molecule has 168 valence electrons. The number of hydrogen-bond donors (Lipinski definition) is 1. The first kappa shape index (κ1) is 21.8. The van der Waals surface area contributed by atoms with Crippen molar-refractivity contribution in [1.82, 2.24) is 14.9 Å².